The van der Waals surface area contributed by atoms with Crippen LogP contribution in [-0.4, -0.2) is 16.0 Å². The largest absolute Gasteiger partial charge is 0.508 e. The van der Waals surface area contributed by atoms with Gasteiger partial charge in [-0.15, -0.1) is 0 Å². The first kappa shape index (κ1) is 12.0. The zero-order valence-corrected chi connectivity index (χ0v) is 9.64. The smallest absolute Gasteiger partial charge is 0.255 e. The van der Waals surface area contributed by atoms with E-state index in [2.05, 4.69) is 10.3 Å². The Labute approximate surface area is 103 Å². The van der Waals surface area contributed by atoms with E-state index in [9.17, 15) is 14.3 Å². The van der Waals surface area contributed by atoms with Gasteiger partial charge >= 0.3 is 0 Å². The lowest BCUT2D eigenvalue weighted by Gasteiger charge is -2.07. The van der Waals surface area contributed by atoms with Gasteiger partial charge in [-0.05, 0) is 30.7 Å². The molecule has 0 unspecified atom stereocenters. The molecule has 0 aliphatic rings. The van der Waals surface area contributed by atoms with Crippen LogP contribution in [0.4, 0.5) is 10.1 Å². The lowest BCUT2D eigenvalue weighted by atomic mass is 10.1. The zero-order valence-electron chi connectivity index (χ0n) is 9.64. The highest BCUT2D eigenvalue weighted by atomic mass is 19.1. The highest BCUT2D eigenvalue weighted by Crippen LogP contribution is 2.19. The molecular formula is C13H11FN2O2. The maximum Gasteiger partial charge on any atom is 0.255 e. The van der Waals surface area contributed by atoms with Crippen LogP contribution >= 0.6 is 0 Å². The fourth-order valence-electron chi connectivity index (χ4n) is 1.42. The van der Waals surface area contributed by atoms with Crippen molar-refractivity contribution >= 4 is 11.6 Å². The van der Waals surface area contributed by atoms with Crippen LogP contribution in [0.25, 0.3) is 0 Å². The average Bonchev–Trinajstić information content (AvgIpc) is 2.35. The summed E-state index contributed by atoms with van der Waals surface area (Å²) in [6.07, 6.45) is 2.40. The van der Waals surface area contributed by atoms with Crippen LogP contribution in [0, 0.1) is 12.7 Å². The van der Waals surface area contributed by atoms with E-state index in [-0.39, 0.29) is 17.0 Å². The molecule has 0 bridgehead atoms. The molecule has 2 rings (SSSR count). The van der Waals surface area contributed by atoms with Gasteiger partial charge in [0, 0.05) is 11.8 Å². The second kappa shape index (κ2) is 4.83. The molecule has 0 aliphatic heterocycles. The number of hydrogen-bond acceptors (Lipinski definition) is 3. The number of nitrogens with one attached hydrogen (secondary N) is 1. The number of aromatic hydroxyl groups is 1. The highest BCUT2D eigenvalue weighted by molar-refractivity contribution is 6.04. The fourth-order valence-corrected chi connectivity index (χ4v) is 1.42. The van der Waals surface area contributed by atoms with E-state index in [1.165, 1.54) is 18.3 Å². The number of anilines is 1. The first-order chi connectivity index (χ1) is 8.58. The Morgan fingerprint density at radius 2 is 2.17 bits per heavy atom. The molecule has 2 N–H and O–H groups in total. The molecule has 2 aromatic rings. The third-order valence-corrected chi connectivity index (χ3v) is 2.49. The summed E-state index contributed by atoms with van der Waals surface area (Å²) in [5.74, 6) is -1.07. The normalized spacial score (nSPS) is 10.1. The van der Waals surface area contributed by atoms with E-state index in [0.29, 0.717) is 5.56 Å². The van der Waals surface area contributed by atoms with Gasteiger partial charge < -0.3 is 10.4 Å². The number of benzene rings is 1. The fraction of sp³-hybridized carbons (Fsp3) is 0.0769. The number of amides is 1. The van der Waals surface area contributed by atoms with E-state index in [0.717, 1.165) is 6.20 Å². The number of carbonyl (C=O) groups excluding carboxylic acids is 1. The Kier molecular flexibility index (Phi) is 3.23. The van der Waals surface area contributed by atoms with E-state index in [1.807, 2.05) is 0 Å². The molecule has 5 heteroatoms. The van der Waals surface area contributed by atoms with Crippen molar-refractivity contribution in [3.63, 3.8) is 0 Å². The number of phenolic OH excluding ortho intramolecular Hbond substituents is 1. The molecule has 92 valence electrons. The molecule has 0 saturated carbocycles. The second-order valence-electron chi connectivity index (χ2n) is 3.81. The van der Waals surface area contributed by atoms with Crippen molar-refractivity contribution in [2.24, 2.45) is 0 Å². The maximum absolute atomic E-state index is 13.3. The number of aromatic nitrogens is 1. The minimum atomic E-state index is -0.609. The second-order valence-corrected chi connectivity index (χ2v) is 3.81. The van der Waals surface area contributed by atoms with Crippen LogP contribution in [0.3, 0.4) is 0 Å². The van der Waals surface area contributed by atoms with Crippen molar-refractivity contribution in [2.45, 2.75) is 6.92 Å². The summed E-state index contributed by atoms with van der Waals surface area (Å²) in [5.41, 5.74) is 0.978. The Morgan fingerprint density at radius 1 is 1.39 bits per heavy atom. The number of pyridine rings is 1. The molecule has 0 saturated heterocycles. The van der Waals surface area contributed by atoms with E-state index >= 15 is 0 Å². The van der Waals surface area contributed by atoms with Gasteiger partial charge in [-0.3, -0.25) is 9.78 Å². The summed E-state index contributed by atoms with van der Waals surface area (Å²) in [5, 5.41) is 11.9. The summed E-state index contributed by atoms with van der Waals surface area (Å²) < 4.78 is 13.3. The van der Waals surface area contributed by atoms with Gasteiger partial charge in [0.25, 0.3) is 5.91 Å². The van der Waals surface area contributed by atoms with Crippen molar-refractivity contribution in [2.75, 3.05) is 5.32 Å². The minimum absolute atomic E-state index is 0.0258. The summed E-state index contributed by atoms with van der Waals surface area (Å²) in [7, 11) is 0. The summed E-state index contributed by atoms with van der Waals surface area (Å²) in [4.78, 5) is 15.4. The minimum Gasteiger partial charge on any atom is -0.508 e. The Hall–Kier alpha value is -2.43. The van der Waals surface area contributed by atoms with Gasteiger partial charge in [0.15, 0.2) is 5.82 Å². The van der Waals surface area contributed by atoms with Crippen LogP contribution in [0.15, 0.2) is 36.7 Å². The van der Waals surface area contributed by atoms with Crippen molar-refractivity contribution in [1.82, 2.24) is 4.98 Å². The molecule has 0 fully saturated rings. The standard InChI is InChI=1S/C13H11FN2O2/c1-8-2-3-9(6-12(8)17)13(18)16-11-4-5-15-7-10(11)14/h2-7,17H,1H3,(H,15,16,18). The maximum atomic E-state index is 13.3. The SMILES string of the molecule is Cc1ccc(C(=O)Nc2ccncc2F)cc1O. The van der Waals surface area contributed by atoms with E-state index in [4.69, 9.17) is 0 Å². The molecule has 0 atom stereocenters. The summed E-state index contributed by atoms with van der Waals surface area (Å²) in [6, 6.07) is 5.88. The lowest BCUT2D eigenvalue weighted by molar-refractivity contribution is 0.102. The first-order valence-electron chi connectivity index (χ1n) is 5.28. The number of halogens is 1. The molecular weight excluding hydrogens is 235 g/mol. The van der Waals surface area contributed by atoms with Crippen LogP contribution < -0.4 is 5.32 Å². The highest BCUT2D eigenvalue weighted by Gasteiger charge is 2.10. The van der Waals surface area contributed by atoms with Gasteiger partial charge in [0.05, 0.1) is 11.9 Å². The molecule has 0 spiro atoms. The summed E-state index contributed by atoms with van der Waals surface area (Å²) in [6.45, 7) is 1.72. The number of rotatable bonds is 2. The van der Waals surface area contributed by atoms with Gasteiger partial charge in [0.1, 0.15) is 5.75 Å². The lowest BCUT2D eigenvalue weighted by Crippen LogP contribution is -2.13. The van der Waals surface area contributed by atoms with E-state index < -0.39 is 11.7 Å². The Morgan fingerprint density at radius 3 is 2.83 bits per heavy atom. The van der Waals surface area contributed by atoms with Crippen LogP contribution in [0.2, 0.25) is 0 Å². The number of carbonyl (C=O) groups is 1. The molecule has 4 nitrogen and oxygen atoms in total. The number of phenols is 1. The van der Waals surface area contributed by atoms with Crippen molar-refractivity contribution in [1.29, 1.82) is 0 Å². The Bertz CT molecular complexity index is 599. The number of aryl methyl sites for hydroxylation is 1. The Balaban J connectivity index is 2.22. The molecule has 1 aromatic carbocycles. The van der Waals surface area contributed by atoms with Crippen molar-refractivity contribution in [3.05, 3.63) is 53.6 Å². The molecule has 0 aliphatic carbocycles. The number of nitrogens with zero attached hydrogens (tertiary/aromatic N) is 1. The average molecular weight is 246 g/mol. The van der Waals surface area contributed by atoms with Gasteiger partial charge in [-0.25, -0.2) is 4.39 Å². The first-order valence-corrected chi connectivity index (χ1v) is 5.28. The predicted molar refractivity (Wildman–Crippen MR) is 65.0 cm³/mol. The van der Waals surface area contributed by atoms with E-state index in [1.54, 1.807) is 19.1 Å². The van der Waals surface area contributed by atoms with Gasteiger partial charge in [-0.2, -0.15) is 0 Å². The molecule has 1 amide bonds. The third-order valence-electron chi connectivity index (χ3n) is 2.49. The van der Waals surface area contributed by atoms with Crippen LogP contribution in [0.1, 0.15) is 15.9 Å². The van der Waals surface area contributed by atoms with Crippen LogP contribution in [0.5, 0.6) is 5.75 Å². The molecule has 18 heavy (non-hydrogen) atoms. The zero-order chi connectivity index (χ0) is 13.1. The molecule has 1 heterocycles. The topological polar surface area (TPSA) is 62.2 Å². The molecule has 0 radical (unpaired) electrons. The van der Waals surface area contributed by atoms with Crippen molar-refractivity contribution < 1.29 is 14.3 Å². The van der Waals surface area contributed by atoms with Gasteiger partial charge in [-0.1, -0.05) is 6.07 Å². The predicted octanol–water partition coefficient (Wildman–Crippen LogP) is 2.49. The quantitative estimate of drug-likeness (QED) is 0.855. The number of hydrogen-bond donors (Lipinski definition) is 2. The molecule has 1 aromatic heterocycles. The van der Waals surface area contributed by atoms with Gasteiger partial charge in [0.2, 0.25) is 0 Å². The van der Waals surface area contributed by atoms with Crippen LogP contribution in [-0.2, 0) is 0 Å². The summed E-state index contributed by atoms with van der Waals surface area (Å²) >= 11 is 0. The monoisotopic (exact) mass is 246 g/mol. The third kappa shape index (κ3) is 2.45. The van der Waals surface area contributed by atoms with Crippen molar-refractivity contribution in [3.8, 4) is 5.75 Å².